The minimum absolute atomic E-state index is 0. The smallest absolute Gasteiger partial charge is 0.342 e. The zero-order valence-electron chi connectivity index (χ0n) is 19.5. The van der Waals surface area contributed by atoms with E-state index in [0.717, 1.165) is 31.4 Å². The highest BCUT2D eigenvalue weighted by molar-refractivity contribution is 5.91. The molecule has 0 spiro atoms. The van der Waals surface area contributed by atoms with Crippen LogP contribution in [-0.4, -0.2) is 17.5 Å². The molecule has 0 aromatic rings. The van der Waals surface area contributed by atoms with E-state index in [1.54, 1.807) is 0 Å². The van der Waals surface area contributed by atoms with E-state index in [0.29, 0.717) is 12.0 Å². The topological polar surface area (TPSA) is 55.4 Å². The Kier molecular flexibility index (Phi) is 12.0. The average molecular weight is 408 g/mol. The van der Waals surface area contributed by atoms with E-state index in [1.165, 1.54) is 51.4 Å². The zero-order valence-corrected chi connectivity index (χ0v) is 19.5. The van der Waals surface area contributed by atoms with Crippen LogP contribution >= 0.6 is 0 Å². The van der Waals surface area contributed by atoms with Crippen LogP contribution in [0.5, 0.6) is 0 Å². The molecule has 1 amide bonds. The molecule has 4 nitrogen and oxygen atoms in total. The molecule has 1 aliphatic carbocycles. The van der Waals surface area contributed by atoms with Gasteiger partial charge < -0.3 is 10.1 Å². The molecular formula is C25H45NO3. The number of amides is 1. The van der Waals surface area contributed by atoms with Crippen molar-refractivity contribution in [2.24, 2.45) is 5.92 Å². The molecule has 0 bridgehead atoms. The lowest BCUT2D eigenvalue weighted by Gasteiger charge is -2.23. The van der Waals surface area contributed by atoms with E-state index >= 15 is 0 Å². The first-order valence-electron chi connectivity index (χ1n) is 11.8. The van der Waals surface area contributed by atoms with Gasteiger partial charge in [0.05, 0.1) is 11.3 Å². The lowest BCUT2D eigenvalue weighted by molar-refractivity contribution is -0.150. The highest BCUT2D eigenvalue weighted by Gasteiger charge is 2.27. The molecule has 0 aromatic carbocycles. The summed E-state index contributed by atoms with van der Waals surface area (Å²) in [6, 6.07) is 0. The normalized spacial score (nSPS) is 14.5. The van der Waals surface area contributed by atoms with Crippen LogP contribution in [0.25, 0.3) is 0 Å². The van der Waals surface area contributed by atoms with Gasteiger partial charge in [0.2, 0.25) is 5.91 Å². The highest BCUT2D eigenvalue weighted by atomic mass is 16.6. The van der Waals surface area contributed by atoms with E-state index in [1.807, 2.05) is 20.8 Å². The Labute approximate surface area is 180 Å². The van der Waals surface area contributed by atoms with E-state index in [4.69, 9.17) is 4.74 Å². The molecule has 168 valence electrons. The van der Waals surface area contributed by atoms with Crippen molar-refractivity contribution in [2.75, 3.05) is 0 Å². The lowest BCUT2D eigenvalue weighted by atomic mass is 9.92. The van der Waals surface area contributed by atoms with Gasteiger partial charge in [-0.2, -0.15) is 0 Å². The molecule has 4 heteroatoms. The molecule has 0 fully saturated rings. The monoisotopic (exact) mass is 407 g/mol. The summed E-state index contributed by atoms with van der Waals surface area (Å²) in [7, 11) is 0. The third kappa shape index (κ3) is 11.3. The summed E-state index contributed by atoms with van der Waals surface area (Å²) < 4.78 is 5.35. The van der Waals surface area contributed by atoms with Crippen LogP contribution in [0.3, 0.4) is 0 Å². The van der Waals surface area contributed by atoms with Crippen LogP contribution in [0, 0.1) is 5.92 Å². The first-order chi connectivity index (χ1) is 13.8. The maximum absolute atomic E-state index is 12.8. The van der Waals surface area contributed by atoms with Crippen LogP contribution < -0.4 is 5.32 Å². The van der Waals surface area contributed by atoms with Gasteiger partial charge in [0.15, 0.2) is 0 Å². The fraction of sp³-hybridized carbons (Fsp3) is 0.800. The first kappa shape index (κ1) is 25.5. The minimum Gasteiger partial charge on any atom is -0.456 e. The number of rotatable bonds is 15. The second-order valence-electron chi connectivity index (χ2n) is 9.35. The molecule has 0 saturated carbocycles. The Morgan fingerprint density at radius 1 is 0.966 bits per heavy atom. The van der Waals surface area contributed by atoms with Gasteiger partial charge in [-0.1, -0.05) is 83.8 Å². The van der Waals surface area contributed by atoms with Gasteiger partial charge in [-0.3, -0.25) is 4.79 Å². The maximum Gasteiger partial charge on any atom is 0.342 e. The van der Waals surface area contributed by atoms with E-state index < -0.39 is 5.60 Å². The molecule has 1 aliphatic rings. The molecule has 1 unspecified atom stereocenters. The van der Waals surface area contributed by atoms with Crippen LogP contribution in [0.4, 0.5) is 0 Å². The van der Waals surface area contributed by atoms with E-state index in [2.05, 4.69) is 24.9 Å². The Morgan fingerprint density at radius 3 is 1.97 bits per heavy atom. The molecule has 29 heavy (non-hydrogen) atoms. The summed E-state index contributed by atoms with van der Waals surface area (Å²) in [5, 5.41) is 3.00. The molecular weight excluding hydrogens is 362 g/mol. The first-order valence-corrected chi connectivity index (χ1v) is 11.8. The number of hydrogen-bond donors (Lipinski definition) is 1. The molecule has 1 rings (SSSR count). The van der Waals surface area contributed by atoms with Crippen molar-refractivity contribution in [2.45, 2.75) is 124 Å². The molecule has 1 N–H and O–H groups in total. The quantitative estimate of drug-likeness (QED) is 0.184. The third-order valence-corrected chi connectivity index (χ3v) is 5.26. The molecule has 0 radical (unpaired) electrons. The Balaban J connectivity index is 0.00000841. The Bertz CT molecular complexity index is 586. The van der Waals surface area contributed by atoms with E-state index in [9.17, 15) is 9.59 Å². The summed E-state index contributed by atoms with van der Waals surface area (Å²) in [6.07, 6.45) is 14.6. The molecule has 0 saturated heterocycles. The lowest BCUT2D eigenvalue weighted by Crippen LogP contribution is -2.33. The fourth-order valence-corrected chi connectivity index (χ4v) is 3.52. The SMILES string of the molecule is CCCCCCCCC(CCCCCC)C(=O)NC1=C=C(C(=O)OC(C)(C)C)C1.[HH]. The van der Waals surface area contributed by atoms with Crippen LogP contribution in [0.1, 0.15) is 120 Å². The maximum atomic E-state index is 12.8. The van der Waals surface area contributed by atoms with Gasteiger partial charge in [0, 0.05) is 13.8 Å². The summed E-state index contributed by atoms with van der Waals surface area (Å²) in [6.45, 7) is 9.98. The summed E-state index contributed by atoms with van der Waals surface area (Å²) in [4.78, 5) is 24.8. The van der Waals surface area contributed by atoms with Crippen molar-refractivity contribution in [1.82, 2.24) is 5.32 Å². The zero-order chi connectivity index (χ0) is 21.7. The Hall–Kier alpha value is -1.54. The summed E-state index contributed by atoms with van der Waals surface area (Å²) in [5.74, 6) is -0.169. The number of esters is 1. The van der Waals surface area contributed by atoms with Gasteiger partial charge in [-0.15, -0.1) is 0 Å². The van der Waals surface area contributed by atoms with Crippen molar-refractivity contribution < 1.29 is 15.8 Å². The van der Waals surface area contributed by atoms with Crippen molar-refractivity contribution in [3.63, 3.8) is 0 Å². The number of carbonyl (C=O) groups is 2. The number of hydrogen-bond acceptors (Lipinski definition) is 3. The number of ether oxygens (including phenoxy) is 1. The fourth-order valence-electron chi connectivity index (χ4n) is 3.52. The third-order valence-electron chi connectivity index (χ3n) is 5.26. The summed E-state index contributed by atoms with van der Waals surface area (Å²) >= 11 is 0. The molecule has 0 aliphatic heterocycles. The van der Waals surface area contributed by atoms with Gasteiger partial charge in [0.1, 0.15) is 5.60 Å². The molecule has 1 atom stereocenters. The molecule has 0 aromatic heterocycles. The molecule has 0 heterocycles. The van der Waals surface area contributed by atoms with Crippen molar-refractivity contribution in [1.29, 1.82) is 0 Å². The van der Waals surface area contributed by atoms with Crippen LogP contribution in [-0.2, 0) is 14.3 Å². The van der Waals surface area contributed by atoms with Gasteiger partial charge in [-0.05, 0) is 33.6 Å². The summed E-state index contributed by atoms with van der Waals surface area (Å²) in [5.41, 5.74) is 3.71. The second kappa shape index (κ2) is 13.6. The standard InChI is InChI=1S/C25H43NO3.H2/c1-6-8-10-12-13-15-17-20(16-14-11-9-7-2)23(27)26-22-18-21(19-22)24(28)29-25(3,4)5;/h20H,6-18H2,1-5H3,(H,26,27);1H. The van der Waals surface area contributed by atoms with Crippen molar-refractivity contribution >= 4 is 11.9 Å². The van der Waals surface area contributed by atoms with Gasteiger partial charge in [-0.25, -0.2) is 4.79 Å². The number of carbonyl (C=O) groups excluding carboxylic acids is 2. The largest absolute Gasteiger partial charge is 0.456 e. The van der Waals surface area contributed by atoms with Gasteiger partial charge >= 0.3 is 5.97 Å². The minimum atomic E-state index is -0.508. The van der Waals surface area contributed by atoms with Crippen molar-refractivity contribution in [3.05, 3.63) is 17.0 Å². The predicted octanol–water partition coefficient (Wildman–Crippen LogP) is 6.84. The van der Waals surface area contributed by atoms with Crippen LogP contribution in [0.15, 0.2) is 17.0 Å². The number of nitrogens with one attached hydrogen (secondary N) is 1. The highest BCUT2D eigenvalue weighted by Crippen LogP contribution is 2.24. The second-order valence-corrected chi connectivity index (χ2v) is 9.35. The average Bonchev–Trinajstić information content (AvgIpc) is 2.60. The van der Waals surface area contributed by atoms with E-state index in [-0.39, 0.29) is 19.2 Å². The Morgan fingerprint density at radius 2 is 1.45 bits per heavy atom. The predicted molar refractivity (Wildman–Crippen MR) is 121 cm³/mol. The van der Waals surface area contributed by atoms with Gasteiger partial charge in [0.25, 0.3) is 0 Å². The van der Waals surface area contributed by atoms with Crippen molar-refractivity contribution in [3.8, 4) is 0 Å². The number of unbranched alkanes of at least 4 members (excludes halogenated alkanes) is 8. The van der Waals surface area contributed by atoms with Crippen LogP contribution in [0.2, 0.25) is 0 Å².